The highest BCUT2D eigenvalue weighted by molar-refractivity contribution is 5.76. The highest BCUT2D eigenvalue weighted by Gasteiger charge is 2.26. The summed E-state index contributed by atoms with van der Waals surface area (Å²) >= 11 is 0. The summed E-state index contributed by atoms with van der Waals surface area (Å²) in [5.41, 5.74) is 2.15. The molecule has 1 fully saturated rings. The van der Waals surface area contributed by atoms with Gasteiger partial charge in [-0.3, -0.25) is 9.69 Å². The lowest BCUT2D eigenvalue weighted by Crippen LogP contribution is -2.37. The van der Waals surface area contributed by atoms with Gasteiger partial charge in [-0.1, -0.05) is 6.42 Å². The number of hydrogen-bond acceptors (Lipinski definition) is 7. The van der Waals surface area contributed by atoms with Gasteiger partial charge in [0, 0.05) is 50.2 Å². The minimum Gasteiger partial charge on any atom is -0.479 e. The van der Waals surface area contributed by atoms with E-state index in [9.17, 15) is 4.79 Å². The number of carbonyl (C=O) groups is 1. The van der Waals surface area contributed by atoms with E-state index in [1.807, 2.05) is 11.1 Å². The second-order valence-electron chi connectivity index (χ2n) is 7.59. The van der Waals surface area contributed by atoms with Crippen molar-refractivity contribution in [1.82, 2.24) is 24.9 Å². The third kappa shape index (κ3) is 4.01. The van der Waals surface area contributed by atoms with E-state index in [1.54, 1.807) is 6.07 Å². The van der Waals surface area contributed by atoms with Crippen LogP contribution in [0, 0.1) is 0 Å². The minimum absolute atomic E-state index is 0.108. The Morgan fingerprint density at radius 2 is 2.25 bits per heavy atom. The molecule has 4 heterocycles. The summed E-state index contributed by atoms with van der Waals surface area (Å²) in [5.74, 6) is 2.13. The summed E-state index contributed by atoms with van der Waals surface area (Å²) in [6.07, 6.45) is 7.20. The van der Waals surface area contributed by atoms with Crippen molar-refractivity contribution in [1.29, 1.82) is 0 Å². The first-order valence-electron chi connectivity index (χ1n) is 9.96. The van der Waals surface area contributed by atoms with Crippen LogP contribution in [0.2, 0.25) is 0 Å². The second-order valence-corrected chi connectivity index (χ2v) is 7.59. The average Bonchev–Trinajstić information content (AvgIpc) is 3.20. The van der Waals surface area contributed by atoms with Crippen LogP contribution >= 0.6 is 0 Å². The van der Waals surface area contributed by atoms with Crippen LogP contribution in [0.25, 0.3) is 0 Å². The first kappa shape index (κ1) is 18.9. The maximum atomic E-state index is 12.6. The van der Waals surface area contributed by atoms with E-state index in [1.165, 1.54) is 20.0 Å². The van der Waals surface area contributed by atoms with E-state index in [4.69, 9.17) is 14.2 Å². The summed E-state index contributed by atoms with van der Waals surface area (Å²) in [7, 11) is 3.69. The van der Waals surface area contributed by atoms with E-state index in [2.05, 4.69) is 22.1 Å². The Balaban J connectivity index is 1.37. The highest BCUT2D eigenvalue weighted by atomic mass is 16.5. The highest BCUT2D eigenvalue weighted by Crippen LogP contribution is 2.28. The molecule has 0 spiro atoms. The van der Waals surface area contributed by atoms with Crippen molar-refractivity contribution in [3.05, 3.63) is 35.1 Å². The first-order valence-corrected chi connectivity index (χ1v) is 9.96. The molecule has 150 valence electrons. The molecule has 1 atom stereocenters. The molecule has 2 aromatic heterocycles. The second kappa shape index (κ2) is 8.26. The standard InChI is InChI=1S/C20H27N5O3/c1-24-9-4-3-5-17(24)20-21-12-14-13-25(10-8-16(14)22-20)19(26)7-6-15-11-18(27-2)23-28-15/h11-12,17H,3-10,13H2,1-2H3/t17-/m1/s1. The minimum atomic E-state index is 0.108. The molecular weight excluding hydrogens is 358 g/mol. The molecule has 2 aromatic rings. The molecule has 4 rings (SSSR count). The molecule has 0 unspecified atom stereocenters. The van der Waals surface area contributed by atoms with Gasteiger partial charge < -0.3 is 14.2 Å². The fourth-order valence-corrected chi connectivity index (χ4v) is 4.00. The monoisotopic (exact) mass is 385 g/mol. The largest absolute Gasteiger partial charge is 0.479 e. The van der Waals surface area contributed by atoms with Crippen molar-refractivity contribution >= 4 is 5.91 Å². The van der Waals surface area contributed by atoms with Gasteiger partial charge in [0.05, 0.1) is 18.8 Å². The maximum Gasteiger partial charge on any atom is 0.254 e. The quantitative estimate of drug-likeness (QED) is 0.780. The third-order valence-corrected chi connectivity index (χ3v) is 5.71. The molecule has 0 aromatic carbocycles. The summed E-state index contributed by atoms with van der Waals surface area (Å²) in [4.78, 5) is 26.3. The molecule has 2 aliphatic rings. The van der Waals surface area contributed by atoms with Gasteiger partial charge in [0.25, 0.3) is 5.88 Å². The molecule has 8 heteroatoms. The number of methoxy groups -OCH3 is 1. The summed E-state index contributed by atoms with van der Waals surface area (Å²) < 4.78 is 10.2. The van der Waals surface area contributed by atoms with Gasteiger partial charge in [-0.25, -0.2) is 9.97 Å². The lowest BCUT2D eigenvalue weighted by Gasteiger charge is -2.32. The fraction of sp³-hybridized carbons (Fsp3) is 0.600. The van der Waals surface area contributed by atoms with Crippen molar-refractivity contribution in [3.8, 4) is 5.88 Å². The van der Waals surface area contributed by atoms with E-state index < -0.39 is 0 Å². The van der Waals surface area contributed by atoms with Gasteiger partial charge >= 0.3 is 0 Å². The molecule has 1 amide bonds. The van der Waals surface area contributed by atoms with E-state index in [0.717, 1.165) is 36.5 Å². The summed E-state index contributed by atoms with van der Waals surface area (Å²) in [6.45, 7) is 2.38. The first-order chi connectivity index (χ1) is 13.6. The molecule has 0 radical (unpaired) electrons. The van der Waals surface area contributed by atoms with E-state index >= 15 is 0 Å². The van der Waals surface area contributed by atoms with E-state index in [-0.39, 0.29) is 5.91 Å². The van der Waals surface area contributed by atoms with Crippen LogP contribution in [0.15, 0.2) is 16.8 Å². The van der Waals surface area contributed by atoms with Crippen LogP contribution in [0.5, 0.6) is 5.88 Å². The van der Waals surface area contributed by atoms with Crippen LogP contribution < -0.4 is 4.74 Å². The molecule has 0 saturated carbocycles. The fourth-order valence-electron chi connectivity index (χ4n) is 4.00. The van der Waals surface area contributed by atoms with Gasteiger partial charge in [-0.05, 0) is 31.6 Å². The topological polar surface area (TPSA) is 84.6 Å². The molecular formula is C20H27N5O3. The number of hydrogen-bond donors (Lipinski definition) is 0. The molecule has 28 heavy (non-hydrogen) atoms. The number of amides is 1. The number of piperidine rings is 1. The van der Waals surface area contributed by atoms with Gasteiger partial charge in [-0.2, -0.15) is 0 Å². The normalized spacial score (nSPS) is 20.1. The predicted molar refractivity (Wildman–Crippen MR) is 102 cm³/mol. The van der Waals surface area contributed by atoms with Gasteiger partial charge in [0.15, 0.2) is 0 Å². The van der Waals surface area contributed by atoms with Gasteiger partial charge in [0.2, 0.25) is 5.91 Å². The Labute approximate surface area is 164 Å². The summed E-state index contributed by atoms with van der Waals surface area (Å²) in [5, 5.41) is 3.76. The van der Waals surface area contributed by atoms with Crippen LogP contribution in [0.3, 0.4) is 0 Å². The van der Waals surface area contributed by atoms with Gasteiger partial charge in [0.1, 0.15) is 11.6 Å². The molecule has 0 aliphatic carbocycles. The smallest absolute Gasteiger partial charge is 0.254 e. The van der Waals surface area contributed by atoms with Crippen LogP contribution in [0.4, 0.5) is 0 Å². The Morgan fingerprint density at radius 3 is 3.04 bits per heavy atom. The Bertz CT molecular complexity index is 837. The Kier molecular flexibility index (Phi) is 5.57. The lowest BCUT2D eigenvalue weighted by atomic mass is 10.0. The van der Waals surface area contributed by atoms with Crippen molar-refractivity contribution in [3.63, 3.8) is 0 Å². The zero-order chi connectivity index (χ0) is 19.5. The Morgan fingerprint density at radius 1 is 1.36 bits per heavy atom. The zero-order valence-corrected chi connectivity index (χ0v) is 16.6. The number of carbonyl (C=O) groups excluding carboxylic acids is 1. The number of nitrogens with zero attached hydrogens (tertiary/aromatic N) is 5. The van der Waals surface area contributed by atoms with Crippen molar-refractivity contribution in [2.75, 3.05) is 27.2 Å². The van der Waals surface area contributed by atoms with Crippen LogP contribution in [-0.4, -0.2) is 58.1 Å². The van der Waals surface area contributed by atoms with Crippen LogP contribution in [-0.2, 0) is 24.2 Å². The molecule has 0 bridgehead atoms. The van der Waals surface area contributed by atoms with Gasteiger partial charge in [-0.15, -0.1) is 0 Å². The SMILES string of the molecule is COc1cc(CCC(=O)N2CCc3nc([C@H]4CCCCN4C)ncc3C2)on1. The molecule has 8 nitrogen and oxygen atoms in total. The number of rotatable bonds is 5. The van der Waals surface area contributed by atoms with Crippen LogP contribution in [0.1, 0.15) is 54.6 Å². The average molecular weight is 385 g/mol. The zero-order valence-electron chi connectivity index (χ0n) is 16.6. The van der Waals surface area contributed by atoms with Crippen molar-refractivity contribution in [2.24, 2.45) is 0 Å². The number of aromatic nitrogens is 3. The van der Waals surface area contributed by atoms with Crippen molar-refractivity contribution in [2.45, 2.75) is 51.1 Å². The van der Waals surface area contributed by atoms with E-state index in [0.29, 0.717) is 43.6 Å². The van der Waals surface area contributed by atoms with Crippen molar-refractivity contribution < 1.29 is 14.1 Å². The molecule has 2 aliphatic heterocycles. The molecule has 1 saturated heterocycles. The predicted octanol–water partition coefficient (Wildman–Crippen LogP) is 2.15. The number of ether oxygens (including phenoxy) is 1. The number of fused-ring (bicyclic) bond motifs is 1. The summed E-state index contributed by atoms with van der Waals surface area (Å²) in [6, 6.07) is 2.04. The lowest BCUT2D eigenvalue weighted by molar-refractivity contribution is -0.132. The molecule has 0 N–H and O–H groups in total. The number of likely N-dealkylation sites (tertiary alicyclic amines) is 1. The third-order valence-electron chi connectivity index (χ3n) is 5.71. The Hall–Kier alpha value is -2.48. The maximum absolute atomic E-state index is 12.6. The number of aryl methyl sites for hydroxylation is 1.